The van der Waals surface area contributed by atoms with E-state index in [4.69, 9.17) is 4.74 Å². The molecule has 0 amide bonds. The van der Waals surface area contributed by atoms with Gasteiger partial charge in [-0.1, -0.05) is 5.21 Å². The van der Waals surface area contributed by atoms with Crippen LogP contribution in [0.4, 0.5) is 0 Å². The van der Waals surface area contributed by atoms with Crippen molar-refractivity contribution < 1.29 is 9.53 Å². The summed E-state index contributed by atoms with van der Waals surface area (Å²) in [4.78, 5) is 11.2. The lowest BCUT2D eigenvalue weighted by atomic mass is 10.2. The van der Waals surface area contributed by atoms with Gasteiger partial charge in [-0.05, 0) is 12.8 Å². The van der Waals surface area contributed by atoms with Crippen molar-refractivity contribution in [3.63, 3.8) is 0 Å². The number of hydrogen-bond acceptors (Lipinski definition) is 4. The topological polar surface area (TPSA) is 57.0 Å². The van der Waals surface area contributed by atoms with Crippen molar-refractivity contribution in [2.45, 2.75) is 32.4 Å². The summed E-state index contributed by atoms with van der Waals surface area (Å²) in [5, 5.41) is 7.59. The summed E-state index contributed by atoms with van der Waals surface area (Å²) in [6.07, 6.45) is 3.82. The molecule has 1 atom stereocenters. The Morgan fingerprint density at radius 1 is 1.79 bits per heavy atom. The highest BCUT2D eigenvalue weighted by Crippen LogP contribution is 2.14. The Balaban J connectivity index is 2.07. The number of ketones is 1. The predicted octanol–water partition coefficient (Wildman–Crippen LogP) is 0.660. The van der Waals surface area contributed by atoms with Gasteiger partial charge in [0.15, 0.2) is 5.78 Å². The highest BCUT2D eigenvalue weighted by atomic mass is 16.5. The molecule has 1 aromatic rings. The molecule has 0 spiro atoms. The van der Waals surface area contributed by atoms with E-state index in [0.717, 1.165) is 19.4 Å². The van der Waals surface area contributed by atoms with Gasteiger partial charge >= 0.3 is 0 Å². The minimum atomic E-state index is -0.00648. The molecule has 0 N–H and O–H groups in total. The van der Waals surface area contributed by atoms with Gasteiger partial charge in [0.05, 0.1) is 18.8 Å². The second-order valence-electron chi connectivity index (χ2n) is 3.49. The number of ether oxygens (including phenoxy) is 1. The molecule has 0 aliphatic carbocycles. The van der Waals surface area contributed by atoms with E-state index in [9.17, 15) is 4.79 Å². The van der Waals surface area contributed by atoms with Gasteiger partial charge in [0.1, 0.15) is 5.69 Å². The maximum absolute atomic E-state index is 11.2. The van der Waals surface area contributed by atoms with E-state index >= 15 is 0 Å². The molecule has 5 heteroatoms. The van der Waals surface area contributed by atoms with E-state index in [-0.39, 0.29) is 11.9 Å². The quantitative estimate of drug-likeness (QED) is 0.665. The van der Waals surface area contributed by atoms with Crippen LogP contribution in [-0.2, 0) is 11.3 Å². The number of aromatic nitrogens is 3. The summed E-state index contributed by atoms with van der Waals surface area (Å²) >= 11 is 0. The van der Waals surface area contributed by atoms with Crippen LogP contribution in [0.3, 0.4) is 0 Å². The molecule has 0 bridgehead atoms. The van der Waals surface area contributed by atoms with Crippen LogP contribution in [0.2, 0.25) is 0 Å². The smallest absolute Gasteiger partial charge is 0.179 e. The first-order chi connectivity index (χ1) is 6.77. The van der Waals surface area contributed by atoms with Gasteiger partial charge in [-0.2, -0.15) is 0 Å². The Hall–Kier alpha value is -1.23. The fraction of sp³-hybridized carbons (Fsp3) is 0.667. The molecule has 2 rings (SSSR count). The molecule has 1 aliphatic rings. The predicted molar refractivity (Wildman–Crippen MR) is 49.0 cm³/mol. The second kappa shape index (κ2) is 3.88. The molecule has 0 saturated carbocycles. The molecule has 1 unspecified atom stereocenters. The second-order valence-corrected chi connectivity index (χ2v) is 3.49. The number of nitrogens with zero attached hydrogens (tertiary/aromatic N) is 3. The van der Waals surface area contributed by atoms with Crippen molar-refractivity contribution in [1.29, 1.82) is 0 Å². The standard InChI is InChI=1S/C9H13N3O2/c1-7(13)9-5-10-11-12(9)6-8-3-2-4-14-8/h5,8H,2-4,6H2,1H3. The monoisotopic (exact) mass is 195 g/mol. The van der Waals surface area contributed by atoms with E-state index in [2.05, 4.69) is 10.3 Å². The van der Waals surface area contributed by atoms with E-state index in [1.54, 1.807) is 4.68 Å². The van der Waals surface area contributed by atoms with Gasteiger partial charge in [0, 0.05) is 13.5 Å². The zero-order chi connectivity index (χ0) is 9.97. The van der Waals surface area contributed by atoms with Crippen molar-refractivity contribution in [1.82, 2.24) is 15.0 Å². The van der Waals surface area contributed by atoms with Crippen LogP contribution in [0, 0.1) is 0 Å². The molecule has 14 heavy (non-hydrogen) atoms. The lowest BCUT2D eigenvalue weighted by molar-refractivity contribution is 0.0897. The first kappa shape index (κ1) is 9.33. The zero-order valence-electron chi connectivity index (χ0n) is 8.14. The molecule has 1 saturated heterocycles. The van der Waals surface area contributed by atoms with Crippen molar-refractivity contribution in [3.8, 4) is 0 Å². The average Bonchev–Trinajstić information content (AvgIpc) is 2.75. The average molecular weight is 195 g/mol. The van der Waals surface area contributed by atoms with Crippen LogP contribution < -0.4 is 0 Å². The van der Waals surface area contributed by atoms with Crippen molar-refractivity contribution in [2.75, 3.05) is 6.61 Å². The number of carbonyl (C=O) groups excluding carboxylic acids is 1. The Morgan fingerprint density at radius 3 is 3.29 bits per heavy atom. The largest absolute Gasteiger partial charge is 0.376 e. The maximum Gasteiger partial charge on any atom is 0.179 e. The zero-order valence-corrected chi connectivity index (χ0v) is 8.14. The number of Topliss-reactive ketones (excluding diaryl/α,β-unsaturated/α-hetero) is 1. The minimum absolute atomic E-state index is 0.00648. The highest BCUT2D eigenvalue weighted by molar-refractivity contribution is 5.91. The van der Waals surface area contributed by atoms with E-state index < -0.39 is 0 Å². The molecule has 1 aromatic heterocycles. The Bertz CT molecular complexity index is 329. The van der Waals surface area contributed by atoms with Gasteiger partial charge in [0.2, 0.25) is 0 Å². The lowest BCUT2D eigenvalue weighted by Crippen LogP contribution is -2.19. The van der Waals surface area contributed by atoms with E-state index in [1.165, 1.54) is 13.1 Å². The summed E-state index contributed by atoms with van der Waals surface area (Å²) in [6, 6.07) is 0. The molecular formula is C9H13N3O2. The van der Waals surface area contributed by atoms with Gasteiger partial charge in [-0.3, -0.25) is 4.79 Å². The SMILES string of the molecule is CC(=O)c1cnnn1CC1CCCO1. The molecule has 0 aromatic carbocycles. The summed E-state index contributed by atoms with van der Waals surface area (Å²) in [5.41, 5.74) is 0.556. The third kappa shape index (κ3) is 1.82. The van der Waals surface area contributed by atoms with Crippen LogP contribution in [-0.4, -0.2) is 33.5 Å². The molecular weight excluding hydrogens is 182 g/mol. The number of hydrogen-bond donors (Lipinski definition) is 0. The third-order valence-electron chi connectivity index (χ3n) is 2.38. The van der Waals surface area contributed by atoms with E-state index in [0.29, 0.717) is 12.2 Å². The Kier molecular flexibility index (Phi) is 2.58. The molecule has 1 aliphatic heterocycles. The van der Waals surface area contributed by atoms with Crippen LogP contribution in [0.1, 0.15) is 30.3 Å². The fourth-order valence-electron chi connectivity index (χ4n) is 1.65. The Morgan fingerprint density at radius 2 is 2.64 bits per heavy atom. The van der Waals surface area contributed by atoms with Crippen molar-refractivity contribution >= 4 is 5.78 Å². The fourth-order valence-corrected chi connectivity index (χ4v) is 1.65. The summed E-state index contributed by atoms with van der Waals surface area (Å²) in [6.45, 7) is 2.97. The molecule has 5 nitrogen and oxygen atoms in total. The van der Waals surface area contributed by atoms with Gasteiger partial charge < -0.3 is 4.74 Å². The number of rotatable bonds is 3. The molecule has 1 fully saturated rings. The number of carbonyl (C=O) groups is 1. The summed E-state index contributed by atoms with van der Waals surface area (Å²) < 4.78 is 7.08. The molecule has 0 radical (unpaired) electrons. The highest BCUT2D eigenvalue weighted by Gasteiger charge is 2.18. The molecule has 76 valence electrons. The summed E-state index contributed by atoms with van der Waals surface area (Å²) in [5.74, 6) is -0.00648. The van der Waals surface area contributed by atoms with Gasteiger partial charge in [-0.15, -0.1) is 5.10 Å². The van der Waals surface area contributed by atoms with Crippen molar-refractivity contribution in [3.05, 3.63) is 11.9 Å². The van der Waals surface area contributed by atoms with Crippen LogP contribution in [0.5, 0.6) is 0 Å². The van der Waals surface area contributed by atoms with E-state index in [1.807, 2.05) is 0 Å². The first-order valence-electron chi connectivity index (χ1n) is 4.78. The molecule has 2 heterocycles. The maximum atomic E-state index is 11.2. The normalized spacial score (nSPS) is 21.4. The lowest BCUT2D eigenvalue weighted by Gasteiger charge is -2.09. The van der Waals surface area contributed by atoms with Crippen LogP contribution in [0.25, 0.3) is 0 Å². The first-order valence-corrected chi connectivity index (χ1v) is 4.78. The van der Waals surface area contributed by atoms with Crippen molar-refractivity contribution in [2.24, 2.45) is 0 Å². The van der Waals surface area contributed by atoms with Crippen LogP contribution in [0.15, 0.2) is 6.20 Å². The third-order valence-corrected chi connectivity index (χ3v) is 2.38. The summed E-state index contributed by atoms with van der Waals surface area (Å²) in [7, 11) is 0. The van der Waals surface area contributed by atoms with Gasteiger partial charge in [-0.25, -0.2) is 4.68 Å². The van der Waals surface area contributed by atoms with Gasteiger partial charge in [0.25, 0.3) is 0 Å². The van der Waals surface area contributed by atoms with Crippen LogP contribution >= 0.6 is 0 Å². The Labute approximate surface area is 82.1 Å². The minimum Gasteiger partial charge on any atom is -0.376 e.